The quantitative estimate of drug-likeness (QED) is 0.650. The van der Waals surface area contributed by atoms with Gasteiger partial charge in [-0.2, -0.15) is 5.10 Å². The molecule has 1 aromatic carbocycles. The van der Waals surface area contributed by atoms with Crippen molar-refractivity contribution in [1.82, 2.24) is 15.1 Å². The van der Waals surface area contributed by atoms with Crippen LogP contribution in [0.2, 0.25) is 10.0 Å². The van der Waals surface area contributed by atoms with Crippen molar-refractivity contribution in [3.63, 3.8) is 0 Å². The van der Waals surface area contributed by atoms with Gasteiger partial charge < -0.3 is 10.0 Å². The SMILES string of the molecule is O=C(c1csc(-c2cn[nH]c2)c1)N1CCC(O)(c2ccc(Cl)c(Cl)c2)CC1. The molecule has 1 aliphatic rings. The van der Waals surface area contributed by atoms with Crippen LogP contribution in [0.5, 0.6) is 0 Å². The Hall–Kier alpha value is -1.86. The number of amides is 1. The van der Waals surface area contributed by atoms with Gasteiger partial charge in [-0.15, -0.1) is 11.3 Å². The number of halogens is 2. The zero-order valence-corrected chi connectivity index (χ0v) is 16.6. The fourth-order valence-electron chi connectivity index (χ4n) is 3.32. The standard InChI is InChI=1S/C19H17Cl2N3O2S/c20-15-2-1-14(8-16(15)21)19(26)3-5-24(6-4-19)18(25)12-7-17(27-11-12)13-9-22-23-10-13/h1-2,7-11,26H,3-6H2,(H,22,23). The van der Waals surface area contributed by atoms with Crippen LogP contribution in [0.25, 0.3) is 10.4 Å². The second kappa shape index (κ2) is 7.28. The van der Waals surface area contributed by atoms with Crippen LogP contribution in [0.4, 0.5) is 0 Å². The van der Waals surface area contributed by atoms with Gasteiger partial charge in [0.2, 0.25) is 0 Å². The Morgan fingerprint density at radius 2 is 2.00 bits per heavy atom. The summed E-state index contributed by atoms with van der Waals surface area (Å²) in [4.78, 5) is 15.6. The molecule has 1 amide bonds. The van der Waals surface area contributed by atoms with Crippen LogP contribution in [0, 0.1) is 0 Å². The van der Waals surface area contributed by atoms with Gasteiger partial charge in [-0.1, -0.05) is 29.3 Å². The zero-order valence-electron chi connectivity index (χ0n) is 14.3. The molecule has 3 heterocycles. The number of carbonyl (C=O) groups is 1. The van der Waals surface area contributed by atoms with Crippen molar-refractivity contribution >= 4 is 40.4 Å². The Labute approximate surface area is 170 Å². The smallest absolute Gasteiger partial charge is 0.254 e. The van der Waals surface area contributed by atoms with Crippen molar-refractivity contribution in [1.29, 1.82) is 0 Å². The van der Waals surface area contributed by atoms with Crippen molar-refractivity contribution in [2.24, 2.45) is 0 Å². The lowest BCUT2D eigenvalue weighted by Gasteiger charge is -2.38. The summed E-state index contributed by atoms with van der Waals surface area (Å²) in [6.07, 6.45) is 4.45. The first-order valence-electron chi connectivity index (χ1n) is 8.51. The molecule has 8 heteroatoms. The number of benzene rings is 1. The summed E-state index contributed by atoms with van der Waals surface area (Å²) in [5, 5.41) is 20.5. The first kappa shape index (κ1) is 18.5. The topological polar surface area (TPSA) is 69.2 Å². The summed E-state index contributed by atoms with van der Waals surface area (Å²) in [5.74, 6) is -0.0165. The third-order valence-corrected chi connectivity index (χ3v) is 6.68. The van der Waals surface area contributed by atoms with Gasteiger partial charge in [-0.05, 0) is 36.6 Å². The van der Waals surface area contributed by atoms with Gasteiger partial charge in [0.05, 0.1) is 27.4 Å². The Morgan fingerprint density at radius 3 is 2.67 bits per heavy atom. The van der Waals surface area contributed by atoms with Crippen LogP contribution < -0.4 is 0 Å². The number of piperidine rings is 1. The van der Waals surface area contributed by atoms with Gasteiger partial charge in [-0.25, -0.2) is 0 Å². The van der Waals surface area contributed by atoms with Crippen molar-refractivity contribution in [3.05, 3.63) is 63.2 Å². The van der Waals surface area contributed by atoms with E-state index < -0.39 is 5.60 Å². The van der Waals surface area contributed by atoms with E-state index in [-0.39, 0.29) is 5.91 Å². The van der Waals surface area contributed by atoms with E-state index in [0.29, 0.717) is 41.5 Å². The molecule has 0 radical (unpaired) electrons. The van der Waals surface area contributed by atoms with Gasteiger partial charge in [0.1, 0.15) is 0 Å². The maximum absolute atomic E-state index is 12.8. The minimum Gasteiger partial charge on any atom is -0.385 e. The Balaban J connectivity index is 1.45. The highest BCUT2D eigenvalue weighted by atomic mass is 35.5. The number of carbonyl (C=O) groups excluding carboxylic acids is 1. The normalized spacial score (nSPS) is 16.5. The summed E-state index contributed by atoms with van der Waals surface area (Å²) in [5.41, 5.74) is 1.37. The maximum Gasteiger partial charge on any atom is 0.254 e. The maximum atomic E-state index is 12.8. The monoisotopic (exact) mass is 421 g/mol. The molecule has 1 saturated heterocycles. The average Bonchev–Trinajstić information content (AvgIpc) is 3.35. The molecular weight excluding hydrogens is 405 g/mol. The highest BCUT2D eigenvalue weighted by Gasteiger charge is 2.36. The number of thiophene rings is 1. The molecule has 3 aromatic rings. The third kappa shape index (κ3) is 3.62. The van der Waals surface area contributed by atoms with E-state index in [1.165, 1.54) is 11.3 Å². The predicted molar refractivity (Wildman–Crippen MR) is 107 cm³/mol. The zero-order chi connectivity index (χ0) is 19.0. The van der Waals surface area contributed by atoms with Crippen molar-refractivity contribution < 1.29 is 9.90 Å². The predicted octanol–water partition coefficient (Wildman–Crippen LogP) is 4.57. The number of aromatic amines is 1. The largest absolute Gasteiger partial charge is 0.385 e. The number of hydrogen-bond acceptors (Lipinski definition) is 4. The number of rotatable bonds is 3. The third-order valence-electron chi connectivity index (χ3n) is 4.96. The summed E-state index contributed by atoms with van der Waals surface area (Å²) in [7, 11) is 0. The number of hydrogen-bond donors (Lipinski definition) is 2. The Morgan fingerprint density at radius 1 is 1.22 bits per heavy atom. The molecule has 1 fully saturated rings. The molecule has 0 aliphatic carbocycles. The summed E-state index contributed by atoms with van der Waals surface area (Å²) < 4.78 is 0. The van der Waals surface area contributed by atoms with Crippen molar-refractivity contribution in [2.45, 2.75) is 18.4 Å². The van der Waals surface area contributed by atoms with Gasteiger partial charge >= 0.3 is 0 Å². The minimum atomic E-state index is -0.998. The molecule has 0 atom stereocenters. The van der Waals surface area contributed by atoms with Gasteiger partial charge in [0.25, 0.3) is 5.91 Å². The molecule has 5 nitrogen and oxygen atoms in total. The lowest BCUT2D eigenvalue weighted by Crippen LogP contribution is -2.45. The van der Waals surface area contributed by atoms with E-state index in [2.05, 4.69) is 10.2 Å². The fourth-order valence-corrected chi connectivity index (χ4v) is 4.49. The fraction of sp³-hybridized carbons (Fsp3) is 0.263. The highest BCUT2D eigenvalue weighted by molar-refractivity contribution is 7.13. The Kier molecular flexibility index (Phi) is 4.99. The average molecular weight is 422 g/mol. The van der Waals surface area contributed by atoms with Gasteiger partial charge in [-0.3, -0.25) is 9.89 Å². The number of likely N-dealkylation sites (tertiary alicyclic amines) is 1. The van der Waals surface area contributed by atoms with E-state index in [0.717, 1.165) is 16.0 Å². The molecule has 27 heavy (non-hydrogen) atoms. The van der Waals surface area contributed by atoms with Crippen LogP contribution in [-0.4, -0.2) is 39.2 Å². The summed E-state index contributed by atoms with van der Waals surface area (Å²) >= 11 is 13.6. The van der Waals surface area contributed by atoms with Crippen LogP contribution in [0.15, 0.2) is 42.0 Å². The molecule has 2 N–H and O–H groups in total. The molecule has 0 unspecified atom stereocenters. The number of H-pyrrole nitrogens is 1. The molecule has 4 rings (SSSR count). The summed E-state index contributed by atoms with van der Waals surface area (Å²) in [6.45, 7) is 0.957. The van der Waals surface area contributed by atoms with E-state index in [4.69, 9.17) is 23.2 Å². The number of aromatic nitrogens is 2. The van der Waals surface area contributed by atoms with Gasteiger partial charge in [0, 0.05) is 35.1 Å². The first-order chi connectivity index (χ1) is 13.0. The molecule has 0 bridgehead atoms. The first-order valence-corrected chi connectivity index (χ1v) is 10.1. The van der Waals surface area contributed by atoms with E-state index in [9.17, 15) is 9.90 Å². The molecule has 1 aliphatic heterocycles. The molecular formula is C19H17Cl2N3O2S. The number of aliphatic hydroxyl groups is 1. The van der Waals surface area contributed by atoms with E-state index in [1.54, 1.807) is 35.5 Å². The molecule has 0 saturated carbocycles. The van der Waals surface area contributed by atoms with Crippen LogP contribution in [0.3, 0.4) is 0 Å². The van der Waals surface area contributed by atoms with Crippen LogP contribution in [-0.2, 0) is 5.60 Å². The molecule has 2 aromatic heterocycles. The van der Waals surface area contributed by atoms with E-state index >= 15 is 0 Å². The van der Waals surface area contributed by atoms with Crippen molar-refractivity contribution in [3.8, 4) is 10.4 Å². The molecule has 140 valence electrons. The van der Waals surface area contributed by atoms with Crippen molar-refractivity contribution in [2.75, 3.05) is 13.1 Å². The highest BCUT2D eigenvalue weighted by Crippen LogP contribution is 2.36. The Bertz CT molecular complexity index is 963. The van der Waals surface area contributed by atoms with Crippen LogP contribution >= 0.6 is 34.5 Å². The second-order valence-electron chi connectivity index (χ2n) is 6.64. The van der Waals surface area contributed by atoms with Crippen LogP contribution in [0.1, 0.15) is 28.8 Å². The second-order valence-corrected chi connectivity index (χ2v) is 8.36. The number of nitrogens with zero attached hydrogens (tertiary/aromatic N) is 2. The van der Waals surface area contributed by atoms with Gasteiger partial charge in [0.15, 0.2) is 0 Å². The number of nitrogens with one attached hydrogen (secondary N) is 1. The lowest BCUT2D eigenvalue weighted by molar-refractivity contribution is -0.0211. The van der Waals surface area contributed by atoms with E-state index in [1.807, 2.05) is 11.4 Å². The minimum absolute atomic E-state index is 0.0165. The molecule has 0 spiro atoms. The summed E-state index contributed by atoms with van der Waals surface area (Å²) in [6, 6.07) is 7.08. The lowest BCUT2D eigenvalue weighted by atomic mass is 9.84.